The molecule has 736 valence electrons. The van der Waals surface area contributed by atoms with E-state index in [2.05, 4.69) is 20.8 Å². The maximum atomic E-state index is 12.2. The van der Waals surface area contributed by atoms with Gasteiger partial charge in [0.25, 0.3) is 0 Å². The van der Waals surface area contributed by atoms with Gasteiger partial charge in [0.1, 0.15) is 146 Å². The molecule has 30 aliphatic heterocycles. The molecule has 30 saturated heterocycles. The summed E-state index contributed by atoms with van der Waals surface area (Å²) < 4.78 is 100. The summed E-state index contributed by atoms with van der Waals surface area (Å²) in [6.07, 6.45) is -79.9. The molecule has 30 heterocycles. The van der Waals surface area contributed by atoms with Gasteiger partial charge in [0.05, 0.1) is 48.8 Å². The molecule has 0 aliphatic carbocycles. The zero-order valence-electron chi connectivity index (χ0n) is 75.5. The van der Waals surface area contributed by atoms with Crippen molar-refractivity contribution in [2.24, 2.45) is 0 Å². The molecule has 30 aliphatic rings. The minimum atomic E-state index is -2.31. The summed E-state index contributed by atoms with van der Waals surface area (Å²) in [6, 6.07) is 0. The van der Waals surface area contributed by atoms with Crippen molar-refractivity contribution >= 4 is 142 Å². The van der Waals surface area contributed by atoms with Crippen LogP contribution in [0.1, 0.15) is 32.1 Å². The SMILES string of the molecule is O=C=O.O=C=O.O=C=O.[CH2-]CSC[C@H]1O[C@@H]2OC3[C@@H](CSC[CH2-])O[C@H](OC4[C@@H](CSCCC(=O)[O-])O[C@H](OC5[C@@H](CSCCC(=O)[O-])O[C@H](OC6[C@@H](CSCCC(=O)[O-])O[C@H](OC7[C@@H](CSCCC(=O)[O-])O[C@H](OC8[C@@H](CSCCC(=O)[O-])O[C@H](OC9[C@@H](CSC[CH2-])O[C@H](OC1[C@H](O)[C@H]2O)[C@H](O)[C@H]9O)[C@H](O)[C@H]8O)[C@H](O)[C@H]7O)[C@H](O)[C@H]6O)[C@H](O)[C@H]5O)[C@H](O)[C@H]4O)[C@H](O)[C@H]3O.[Na+].[Na+].[Na+].[Na+].[Na+].[Na+].[Na+].[Na+]. The average molecular weight is 2180 g/mol. The Morgan fingerprint density at radius 2 is 0.309 bits per heavy atom. The van der Waals surface area contributed by atoms with Crippen molar-refractivity contribution in [2.75, 3.05) is 92.0 Å². The number of carbonyl (C=O) groups is 5. The molecule has 30 fully saturated rings. The van der Waals surface area contributed by atoms with Gasteiger partial charge in [0.2, 0.25) is 0 Å². The Labute approximate surface area is 991 Å². The number of carbonyl (C=O) groups excluding carboxylic acids is 11. The van der Waals surface area contributed by atoms with Gasteiger partial charge in [-0.2, -0.15) is 123 Å². The molecule has 0 aromatic carbocycles. The first-order chi connectivity index (χ1) is 60.9. The molecule has 16 N–H and O–H groups in total. The number of rotatable bonds is 34. The van der Waals surface area contributed by atoms with E-state index >= 15 is 0 Å². The van der Waals surface area contributed by atoms with Gasteiger partial charge in [0.15, 0.2) is 50.3 Å². The van der Waals surface area contributed by atoms with Crippen molar-refractivity contribution in [1.82, 2.24) is 0 Å². The molecule has 136 heavy (non-hydrogen) atoms. The summed E-state index contributed by atoms with van der Waals surface area (Å²) in [4.78, 5) is 107. The first-order valence-corrected chi connectivity index (χ1v) is 48.5. The summed E-state index contributed by atoms with van der Waals surface area (Å²) in [5.41, 5.74) is 0. The van der Waals surface area contributed by atoms with Gasteiger partial charge < -0.3 is 228 Å². The summed E-state index contributed by atoms with van der Waals surface area (Å²) in [5.74, 6) is -9.96. The molecule has 0 amide bonds. The van der Waals surface area contributed by atoms with Gasteiger partial charge in [-0.1, -0.05) is 0 Å². The number of hydrogen-bond acceptors (Lipinski definition) is 56. The van der Waals surface area contributed by atoms with Crippen LogP contribution in [0.4, 0.5) is 0 Å². The second kappa shape index (κ2) is 76.5. The number of ether oxygens (including phenoxy) is 16. The van der Waals surface area contributed by atoms with E-state index in [1.54, 1.807) is 0 Å². The Balaban J connectivity index is -0.00001000. The van der Waals surface area contributed by atoms with Crippen LogP contribution < -0.4 is 262 Å². The fraction of sp³-hybridized carbons (Fsp3) is 0.847. The van der Waals surface area contributed by atoms with Crippen LogP contribution in [0.3, 0.4) is 0 Å². The molecule has 8 unspecified atom stereocenters. The molecular weight excluding hydrogens is 2070 g/mol. The quantitative estimate of drug-likeness (QED) is 0.0162. The third-order valence-electron chi connectivity index (χ3n) is 20.4. The minimum absolute atomic E-state index is 0. The van der Waals surface area contributed by atoms with Crippen LogP contribution in [-0.2, 0) is 129 Å². The van der Waals surface area contributed by atoms with Crippen molar-refractivity contribution in [3.63, 3.8) is 0 Å². The summed E-state index contributed by atoms with van der Waals surface area (Å²) in [6.45, 7) is 11.5. The number of hydrogen-bond donors (Lipinski definition) is 16. The van der Waals surface area contributed by atoms with Crippen LogP contribution in [0.2, 0.25) is 0 Å². The molecule has 40 atom stereocenters. The number of aliphatic carboxylic acids is 5. The standard InChI is InChI=1S/C69H109O42S8.3CO2.8Na/c1-4-112-17-25-54-38(80)46(88)62(96-25)105-55-26(18-113-5-2)98-64(48(90)40(55)82)107-57-28(20-115-12-7-33(70)71)100-66(50(92)42(57)84)109-59-30(22-117-14-9-35(74)75)102-68(52(94)44(59)86)111-61-32(24-119-16-11-37(78)79)103-69(53(95)45(61)87)110-60-31(23-118-15-10-36(76)77)101-67(51(93)43(60)85)108-58-29(21-116-13-8-34(72)73)99-65(49(91)41(58)83)106-56-27(19-114-6-3)97-63(104-54)47(89)39(56)81;3*2-1-3;;;;;;;;/h25-32,38-69,80-95H,1-24H2,(H,70,71)(H,72,73)(H,74,75)(H,76,77)(H,78,79);;;;;;;;;;;/q-3;;;;8*+1/p-5/t25-,26-,27-,28-,29-,30-,31-,32-,38-,39-,40-,41-,42-,43-,44-,45-,46-,47-,48-,49-,50-,51-,52-,53-,54?,55?,56?,57?,58?,59?,60?,61?,62-,63-,64-,65-,66-,67-,68-,69-;;;;;;;;;;;/m1.........../s1. The fourth-order valence-corrected chi connectivity index (χ4v) is 21.1. The fourth-order valence-electron chi connectivity index (χ4n) is 14.2. The van der Waals surface area contributed by atoms with E-state index in [-0.39, 0.29) is 347 Å². The molecule has 48 nitrogen and oxygen atoms in total. The number of thioether (sulfide) groups is 8. The second-order valence-electron chi connectivity index (χ2n) is 29.0. The van der Waals surface area contributed by atoms with Crippen molar-refractivity contribution in [2.45, 2.75) is 278 Å². The molecular formula is C72H104Na8O48S8. The maximum absolute atomic E-state index is 12.2. The second-order valence-corrected chi connectivity index (χ2v) is 38.2. The molecule has 0 aromatic rings. The number of carboxylic acid groups (broad SMARTS) is 5. The molecule has 0 aromatic heterocycles. The molecule has 16 bridgehead atoms. The first-order valence-electron chi connectivity index (χ1n) is 39.3. The Hall–Kier alpha value is 5.01. The van der Waals surface area contributed by atoms with Crippen molar-refractivity contribution < 1.29 is 472 Å². The molecule has 0 saturated carbocycles. The number of aliphatic hydroxyl groups excluding tert-OH is 16. The van der Waals surface area contributed by atoms with E-state index in [0.29, 0.717) is 0 Å². The van der Waals surface area contributed by atoms with E-state index in [0.717, 1.165) is 94.1 Å². The molecule has 30 rings (SSSR count). The van der Waals surface area contributed by atoms with Gasteiger partial charge in [-0.15, -0.1) is 17.3 Å². The Bertz CT molecular complexity index is 3370. The normalized spacial score (nSPS) is 38.6. The van der Waals surface area contributed by atoms with Crippen LogP contribution in [-0.4, -0.2) is 468 Å². The Kier molecular flexibility index (Phi) is 81.7. The van der Waals surface area contributed by atoms with E-state index in [1.807, 2.05) is 0 Å². The third-order valence-corrected chi connectivity index (χ3v) is 28.2. The van der Waals surface area contributed by atoms with Crippen LogP contribution >= 0.6 is 94.1 Å². The van der Waals surface area contributed by atoms with Crippen molar-refractivity contribution in [1.29, 1.82) is 0 Å². The largest absolute Gasteiger partial charge is 1.00 e. The van der Waals surface area contributed by atoms with Crippen LogP contribution in [0.15, 0.2) is 0 Å². The number of carboxylic acids is 5. The molecule has 0 radical (unpaired) electrons. The summed E-state index contributed by atoms with van der Waals surface area (Å²) in [5, 5.41) is 252. The van der Waals surface area contributed by atoms with E-state index in [1.165, 1.54) is 0 Å². The van der Waals surface area contributed by atoms with Gasteiger partial charge in [-0.3, -0.25) is 0 Å². The molecule has 0 spiro atoms. The Morgan fingerprint density at radius 1 is 0.206 bits per heavy atom. The van der Waals surface area contributed by atoms with Crippen LogP contribution in [0.25, 0.3) is 0 Å². The average Bonchev–Trinajstić information content (AvgIpc) is 0.766. The van der Waals surface area contributed by atoms with Crippen molar-refractivity contribution in [3.8, 4) is 0 Å². The Morgan fingerprint density at radius 3 is 0.404 bits per heavy atom. The summed E-state index contributed by atoms with van der Waals surface area (Å²) in [7, 11) is 0. The topological polar surface area (TPSA) is 774 Å². The van der Waals surface area contributed by atoms with E-state index < -0.39 is 308 Å². The first kappa shape index (κ1) is 145. The third kappa shape index (κ3) is 44.5. The zero-order valence-corrected chi connectivity index (χ0v) is 98.1. The van der Waals surface area contributed by atoms with E-state index in [9.17, 15) is 131 Å². The van der Waals surface area contributed by atoms with Crippen LogP contribution in [0, 0.1) is 20.8 Å². The van der Waals surface area contributed by atoms with Crippen LogP contribution in [0.5, 0.6) is 0 Å². The maximum Gasteiger partial charge on any atom is 1.00 e. The predicted molar refractivity (Wildman–Crippen MR) is 422 cm³/mol. The smallest absolute Gasteiger partial charge is 0.550 e. The van der Waals surface area contributed by atoms with Gasteiger partial charge in [-0.25, -0.2) is 0 Å². The number of aliphatic hydroxyl groups is 16. The zero-order chi connectivity index (χ0) is 94.9. The van der Waals surface area contributed by atoms with Crippen molar-refractivity contribution in [3.05, 3.63) is 20.8 Å². The van der Waals surface area contributed by atoms with Gasteiger partial charge >= 0.3 is 255 Å². The summed E-state index contributed by atoms with van der Waals surface area (Å²) >= 11 is 7.76. The predicted octanol–water partition coefficient (Wildman–Crippen LogP) is -39.0. The minimum Gasteiger partial charge on any atom is -0.550 e. The monoisotopic (exact) mass is 2180 g/mol. The van der Waals surface area contributed by atoms with Gasteiger partial charge in [-0.05, 0) is 60.9 Å². The molecule has 64 heteroatoms. The van der Waals surface area contributed by atoms with E-state index in [4.69, 9.17) is 105 Å². The van der Waals surface area contributed by atoms with Gasteiger partial charge in [0, 0.05) is 75.9 Å².